The van der Waals surface area contributed by atoms with E-state index in [1.807, 2.05) is 4.90 Å². The van der Waals surface area contributed by atoms with Crippen LogP contribution in [0.3, 0.4) is 0 Å². The Balaban J connectivity index is 1.56. The molecule has 0 spiro atoms. The van der Waals surface area contributed by atoms with Gasteiger partial charge in [0.25, 0.3) is 0 Å². The predicted octanol–water partition coefficient (Wildman–Crippen LogP) is 0.392. The van der Waals surface area contributed by atoms with Gasteiger partial charge in [-0.05, 0) is 12.8 Å². The van der Waals surface area contributed by atoms with Crippen molar-refractivity contribution in [1.82, 2.24) is 19.8 Å². The Labute approximate surface area is 147 Å². The maximum absolute atomic E-state index is 12.8. The van der Waals surface area contributed by atoms with Gasteiger partial charge in [-0.25, -0.2) is 4.98 Å². The van der Waals surface area contributed by atoms with E-state index >= 15 is 0 Å². The zero-order valence-corrected chi connectivity index (χ0v) is 14.8. The van der Waals surface area contributed by atoms with E-state index in [4.69, 9.17) is 4.74 Å². The minimum absolute atomic E-state index is 0.0532. The smallest absolute Gasteiger partial charge is 0.228 e. The first-order valence-corrected chi connectivity index (χ1v) is 8.75. The number of likely N-dealkylation sites (tertiary alicyclic amines) is 1. The average Bonchev–Trinajstić information content (AvgIpc) is 2.67. The molecule has 8 nitrogen and oxygen atoms in total. The van der Waals surface area contributed by atoms with Crippen molar-refractivity contribution in [2.24, 2.45) is 5.92 Å². The number of methoxy groups -OCH3 is 1. The van der Waals surface area contributed by atoms with Crippen LogP contribution in [0.4, 0.5) is 5.95 Å². The van der Waals surface area contributed by atoms with Crippen LogP contribution in [0.15, 0.2) is 12.3 Å². The maximum atomic E-state index is 12.8. The molecule has 25 heavy (non-hydrogen) atoms. The molecule has 1 unspecified atom stereocenters. The topological polar surface area (TPSA) is 78.9 Å². The first-order chi connectivity index (χ1) is 12.1. The van der Waals surface area contributed by atoms with Gasteiger partial charge in [0.1, 0.15) is 0 Å². The minimum Gasteiger partial charge on any atom is -0.481 e. The van der Waals surface area contributed by atoms with Crippen molar-refractivity contribution in [3.8, 4) is 5.88 Å². The van der Waals surface area contributed by atoms with E-state index in [-0.39, 0.29) is 17.7 Å². The average molecular weight is 347 g/mol. The van der Waals surface area contributed by atoms with Crippen molar-refractivity contribution in [3.05, 3.63) is 12.3 Å². The van der Waals surface area contributed by atoms with Gasteiger partial charge in [0, 0.05) is 58.5 Å². The number of aromatic nitrogens is 2. The Morgan fingerprint density at radius 2 is 1.92 bits per heavy atom. The van der Waals surface area contributed by atoms with Crippen LogP contribution in [0.5, 0.6) is 5.88 Å². The third kappa shape index (κ3) is 4.00. The first kappa shape index (κ1) is 17.4. The second kappa shape index (κ2) is 7.67. The van der Waals surface area contributed by atoms with Gasteiger partial charge in [-0.2, -0.15) is 4.98 Å². The molecule has 2 aliphatic rings. The number of carbonyl (C=O) groups excluding carboxylic acids is 2. The fraction of sp³-hybridized carbons (Fsp3) is 0.647. The van der Waals surface area contributed by atoms with Crippen molar-refractivity contribution in [2.75, 3.05) is 51.3 Å². The van der Waals surface area contributed by atoms with Crippen LogP contribution >= 0.6 is 0 Å². The maximum Gasteiger partial charge on any atom is 0.228 e. The van der Waals surface area contributed by atoms with Gasteiger partial charge >= 0.3 is 0 Å². The quantitative estimate of drug-likeness (QED) is 0.787. The molecule has 8 heteroatoms. The number of rotatable bonds is 3. The molecule has 1 aromatic rings. The van der Waals surface area contributed by atoms with E-state index in [9.17, 15) is 9.59 Å². The molecule has 2 aliphatic heterocycles. The Bertz CT molecular complexity index is 630. The normalized spacial score (nSPS) is 21.2. The number of hydrogen-bond acceptors (Lipinski definition) is 6. The van der Waals surface area contributed by atoms with E-state index in [1.165, 1.54) is 0 Å². The monoisotopic (exact) mass is 347 g/mol. The van der Waals surface area contributed by atoms with Gasteiger partial charge in [-0.1, -0.05) is 0 Å². The summed E-state index contributed by atoms with van der Waals surface area (Å²) in [7, 11) is 1.58. The molecule has 2 saturated heterocycles. The second-order valence-electron chi connectivity index (χ2n) is 6.52. The lowest BCUT2D eigenvalue weighted by Crippen LogP contribution is -2.53. The van der Waals surface area contributed by atoms with Gasteiger partial charge in [-0.3, -0.25) is 9.59 Å². The van der Waals surface area contributed by atoms with Crippen LogP contribution in [-0.4, -0.2) is 78.0 Å². The van der Waals surface area contributed by atoms with Gasteiger partial charge in [-0.15, -0.1) is 0 Å². The summed E-state index contributed by atoms with van der Waals surface area (Å²) in [5.74, 6) is 1.31. The van der Waals surface area contributed by atoms with Crippen LogP contribution < -0.4 is 9.64 Å². The summed E-state index contributed by atoms with van der Waals surface area (Å²) in [6.07, 6.45) is 3.44. The van der Waals surface area contributed by atoms with Gasteiger partial charge in [0.05, 0.1) is 13.0 Å². The molecule has 0 aliphatic carbocycles. The van der Waals surface area contributed by atoms with Crippen LogP contribution in [0.25, 0.3) is 0 Å². The highest BCUT2D eigenvalue weighted by Gasteiger charge is 2.32. The number of anilines is 1. The van der Waals surface area contributed by atoms with Crippen LogP contribution in [0.2, 0.25) is 0 Å². The number of piperazine rings is 1. The molecule has 136 valence electrons. The second-order valence-corrected chi connectivity index (χ2v) is 6.52. The molecule has 0 radical (unpaired) electrons. The Morgan fingerprint density at radius 3 is 2.60 bits per heavy atom. The number of carbonyl (C=O) groups is 2. The highest BCUT2D eigenvalue weighted by molar-refractivity contribution is 5.81. The Kier molecular flexibility index (Phi) is 5.35. The zero-order chi connectivity index (χ0) is 17.8. The summed E-state index contributed by atoms with van der Waals surface area (Å²) < 4.78 is 5.14. The SMILES string of the molecule is COc1ccnc(N2CCN(C(=O)C3CCCN(C(C)=O)C3)CC2)n1. The lowest BCUT2D eigenvalue weighted by atomic mass is 9.96. The van der Waals surface area contributed by atoms with Crippen molar-refractivity contribution >= 4 is 17.8 Å². The molecule has 2 amide bonds. The summed E-state index contributed by atoms with van der Waals surface area (Å²) in [5.41, 5.74) is 0. The molecule has 3 heterocycles. The summed E-state index contributed by atoms with van der Waals surface area (Å²) >= 11 is 0. The van der Waals surface area contributed by atoms with Gasteiger partial charge in [0.2, 0.25) is 23.6 Å². The van der Waals surface area contributed by atoms with E-state index in [0.29, 0.717) is 44.6 Å². The van der Waals surface area contributed by atoms with Crippen molar-refractivity contribution in [1.29, 1.82) is 0 Å². The standard InChI is InChI=1S/C17H25N5O3/c1-13(23)22-7-3-4-14(12-22)16(24)20-8-10-21(11-9-20)17-18-6-5-15(19-17)25-2/h5-6,14H,3-4,7-12H2,1-2H3. The summed E-state index contributed by atoms with van der Waals surface area (Å²) in [4.78, 5) is 38.7. The number of amides is 2. The van der Waals surface area contributed by atoms with Gasteiger partial charge in [0.15, 0.2) is 0 Å². The van der Waals surface area contributed by atoms with E-state index in [2.05, 4.69) is 14.9 Å². The number of piperidine rings is 1. The molecular formula is C17H25N5O3. The fourth-order valence-electron chi connectivity index (χ4n) is 3.45. The van der Waals surface area contributed by atoms with Crippen molar-refractivity contribution in [3.63, 3.8) is 0 Å². The zero-order valence-electron chi connectivity index (χ0n) is 14.8. The lowest BCUT2D eigenvalue weighted by molar-refractivity contribution is -0.140. The third-order valence-electron chi connectivity index (χ3n) is 4.92. The summed E-state index contributed by atoms with van der Waals surface area (Å²) in [6, 6.07) is 1.72. The number of nitrogens with zero attached hydrogens (tertiary/aromatic N) is 5. The molecule has 2 fully saturated rings. The van der Waals surface area contributed by atoms with Crippen molar-refractivity contribution in [2.45, 2.75) is 19.8 Å². The van der Waals surface area contributed by atoms with Crippen molar-refractivity contribution < 1.29 is 14.3 Å². The number of hydrogen-bond donors (Lipinski definition) is 0. The van der Waals surface area contributed by atoms with Crippen LogP contribution in [0, 0.1) is 5.92 Å². The molecule has 0 bridgehead atoms. The summed E-state index contributed by atoms with van der Waals surface area (Å²) in [6.45, 7) is 5.57. The lowest BCUT2D eigenvalue weighted by Gasteiger charge is -2.38. The molecule has 0 aromatic carbocycles. The molecule has 1 aromatic heterocycles. The molecule has 1 atom stereocenters. The van der Waals surface area contributed by atoms with E-state index in [1.54, 1.807) is 31.2 Å². The highest BCUT2D eigenvalue weighted by atomic mass is 16.5. The third-order valence-corrected chi connectivity index (χ3v) is 4.92. The highest BCUT2D eigenvalue weighted by Crippen LogP contribution is 2.21. The largest absolute Gasteiger partial charge is 0.481 e. The van der Waals surface area contributed by atoms with E-state index < -0.39 is 0 Å². The minimum atomic E-state index is -0.0720. The number of ether oxygens (including phenoxy) is 1. The first-order valence-electron chi connectivity index (χ1n) is 8.75. The van der Waals surface area contributed by atoms with Crippen LogP contribution in [0.1, 0.15) is 19.8 Å². The molecule has 3 rings (SSSR count). The van der Waals surface area contributed by atoms with Gasteiger partial charge < -0.3 is 19.4 Å². The fourth-order valence-corrected chi connectivity index (χ4v) is 3.45. The van der Waals surface area contributed by atoms with Crippen LogP contribution in [-0.2, 0) is 9.59 Å². The Hall–Kier alpha value is -2.38. The molecular weight excluding hydrogens is 322 g/mol. The predicted molar refractivity (Wildman–Crippen MR) is 92.4 cm³/mol. The Morgan fingerprint density at radius 1 is 1.16 bits per heavy atom. The van der Waals surface area contributed by atoms with E-state index in [0.717, 1.165) is 19.4 Å². The molecule has 0 saturated carbocycles. The summed E-state index contributed by atoms with van der Waals surface area (Å²) in [5, 5.41) is 0. The molecule has 0 N–H and O–H groups in total.